The summed E-state index contributed by atoms with van der Waals surface area (Å²) in [5, 5.41) is 10.1. The van der Waals surface area contributed by atoms with E-state index in [1.54, 1.807) is 12.1 Å². The summed E-state index contributed by atoms with van der Waals surface area (Å²) >= 11 is 31.0. The number of benzene rings is 2. The van der Waals surface area contributed by atoms with Crippen LogP contribution in [-0.2, 0) is 6.42 Å². The zero-order valence-electron chi connectivity index (χ0n) is 11.6. The van der Waals surface area contributed by atoms with E-state index < -0.39 is 0 Å². The molecule has 2 rings (SSSR count). The van der Waals surface area contributed by atoms with E-state index in [0.29, 0.717) is 21.2 Å². The van der Waals surface area contributed by atoms with Gasteiger partial charge in [-0.15, -0.1) is 0 Å². The molecule has 0 radical (unpaired) electrons. The van der Waals surface area contributed by atoms with Crippen molar-refractivity contribution in [2.75, 3.05) is 0 Å². The number of aryl methyl sites for hydroxylation is 1. The maximum atomic E-state index is 9.12. The molecule has 7 heteroatoms. The normalized spacial score (nSPS) is 10.3. The lowest BCUT2D eigenvalue weighted by atomic mass is 10.00. The molecule has 23 heavy (non-hydrogen) atoms. The molecule has 0 amide bonds. The van der Waals surface area contributed by atoms with E-state index in [9.17, 15) is 0 Å². The molecule has 2 nitrogen and oxygen atoms in total. The molecule has 0 saturated carbocycles. The molecule has 0 aliphatic rings. The van der Waals surface area contributed by atoms with Crippen LogP contribution in [0.2, 0.25) is 25.1 Å². The lowest BCUT2D eigenvalue weighted by molar-refractivity contribution is 1.19. The molecule has 0 aliphatic heterocycles. The molecule has 0 fully saturated rings. The van der Waals surface area contributed by atoms with Crippen molar-refractivity contribution >= 4 is 63.7 Å². The fraction of sp³-hybridized carbons (Fsp3) is 0.125. The highest BCUT2D eigenvalue weighted by molar-refractivity contribution is 6.46. The van der Waals surface area contributed by atoms with Gasteiger partial charge in [0.1, 0.15) is 6.07 Å². The first-order valence-corrected chi connectivity index (χ1v) is 8.12. The molecule has 0 spiro atoms. The maximum absolute atomic E-state index is 9.12. The molecule has 0 aromatic heterocycles. The minimum Gasteiger partial charge on any atom is -0.236 e. The summed E-state index contributed by atoms with van der Waals surface area (Å²) < 4.78 is 0. The van der Waals surface area contributed by atoms with Crippen molar-refractivity contribution < 1.29 is 0 Å². The van der Waals surface area contributed by atoms with E-state index in [4.69, 9.17) is 69.8 Å². The van der Waals surface area contributed by atoms with Gasteiger partial charge in [0.15, 0.2) is 0 Å². The first-order valence-electron chi connectivity index (χ1n) is 6.23. The minimum absolute atomic E-state index is 0.0147. The lowest BCUT2D eigenvalue weighted by Gasteiger charge is -2.14. The summed E-state index contributed by atoms with van der Waals surface area (Å²) in [5.74, 6) is 0. The van der Waals surface area contributed by atoms with Gasteiger partial charge in [0.05, 0.1) is 27.2 Å². The number of hydrogen-bond acceptors (Lipinski definition) is 1. The minimum atomic E-state index is -0.0220. The Morgan fingerprint density at radius 3 is 2.04 bits per heavy atom. The van der Waals surface area contributed by atoms with E-state index in [-0.39, 0.29) is 32.7 Å². The highest BCUT2D eigenvalue weighted by Crippen LogP contribution is 2.44. The highest BCUT2D eigenvalue weighted by atomic mass is 35.5. The van der Waals surface area contributed by atoms with Crippen molar-refractivity contribution in [2.45, 2.75) is 13.3 Å². The fourth-order valence-electron chi connectivity index (χ4n) is 2.14. The molecule has 2 aromatic rings. The third-order valence-corrected chi connectivity index (χ3v) is 5.19. The Morgan fingerprint density at radius 2 is 1.57 bits per heavy atom. The largest absolute Gasteiger partial charge is 0.236 e. The zero-order chi connectivity index (χ0) is 17.3. The Bertz CT molecular complexity index is 868. The average molecular weight is 405 g/mol. The van der Waals surface area contributed by atoms with Crippen LogP contribution in [0.4, 0.5) is 5.69 Å². The van der Waals surface area contributed by atoms with Gasteiger partial charge in [-0.05, 0) is 42.2 Å². The van der Waals surface area contributed by atoms with Crippen LogP contribution in [0.1, 0.15) is 22.3 Å². The van der Waals surface area contributed by atoms with Gasteiger partial charge < -0.3 is 0 Å². The summed E-state index contributed by atoms with van der Waals surface area (Å²) in [6, 6.07) is 5.39. The van der Waals surface area contributed by atoms with Gasteiger partial charge in [-0.1, -0.05) is 58.0 Å². The van der Waals surface area contributed by atoms with Gasteiger partial charge >= 0.3 is 0 Å². The van der Waals surface area contributed by atoms with Crippen molar-refractivity contribution in [1.29, 1.82) is 5.26 Å². The number of hydrogen-bond donors (Lipinski definition) is 0. The van der Waals surface area contributed by atoms with E-state index in [1.807, 2.05) is 13.0 Å². The van der Waals surface area contributed by atoms with Gasteiger partial charge in [-0.2, -0.15) is 5.26 Å². The second-order valence-electron chi connectivity index (χ2n) is 4.75. The monoisotopic (exact) mass is 402 g/mol. The van der Waals surface area contributed by atoms with Gasteiger partial charge in [0.25, 0.3) is 0 Å². The molecule has 0 saturated heterocycles. The van der Waals surface area contributed by atoms with E-state index >= 15 is 0 Å². The van der Waals surface area contributed by atoms with Crippen LogP contribution in [0.5, 0.6) is 0 Å². The van der Waals surface area contributed by atoms with Crippen molar-refractivity contribution in [2.24, 2.45) is 0 Å². The Kier molecular flexibility index (Phi) is 5.69. The predicted molar refractivity (Wildman–Crippen MR) is 96.5 cm³/mol. The van der Waals surface area contributed by atoms with Crippen LogP contribution in [0, 0.1) is 24.8 Å². The Morgan fingerprint density at radius 1 is 1.00 bits per heavy atom. The summed E-state index contributed by atoms with van der Waals surface area (Å²) in [4.78, 5) is 3.39. The Labute approximate surface area is 158 Å². The molecule has 0 heterocycles. The first kappa shape index (κ1) is 18.2. The van der Waals surface area contributed by atoms with Gasteiger partial charge in [-0.25, -0.2) is 4.85 Å². The molecule has 0 aliphatic carbocycles. The van der Waals surface area contributed by atoms with Crippen LogP contribution in [-0.4, -0.2) is 0 Å². The predicted octanol–water partition coefficient (Wildman–Crippen LogP) is 7.28. The van der Waals surface area contributed by atoms with Crippen LogP contribution >= 0.6 is 58.0 Å². The molecule has 0 N–H and O–H groups in total. The molecule has 0 bridgehead atoms. The number of rotatable bonds is 2. The third kappa shape index (κ3) is 3.38. The average Bonchev–Trinajstić information content (AvgIpc) is 2.48. The quantitative estimate of drug-likeness (QED) is 0.382. The molecular formula is C16H7Cl5N2. The SMILES string of the molecule is [C-]#[N+]c1c(Cl)c(C#N)c(Cl)c(Cl)c1Cc1c(Cl)cc(C)cc1Cl. The fourth-order valence-corrected chi connectivity index (χ4v) is 3.72. The second kappa shape index (κ2) is 7.18. The summed E-state index contributed by atoms with van der Waals surface area (Å²) in [6.45, 7) is 9.20. The van der Waals surface area contributed by atoms with Crippen molar-refractivity contribution in [3.8, 4) is 6.07 Å². The molecule has 116 valence electrons. The van der Waals surface area contributed by atoms with Crippen LogP contribution in [0.25, 0.3) is 4.85 Å². The summed E-state index contributed by atoms with van der Waals surface area (Å²) in [5.41, 5.74) is 1.97. The van der Waals surface area contributed by atoms with Crippen LogP contribution < -0.4 is 0 Å². The zero-order valence-corrected chi connectivity index (χ0v) is 15.4. The topological polar surface area (TPSA) is 28.1 Å². The summed E-state index contributed by atoms with van der Waals surface area (Å²) in [6.07, 6.45) is 0.180. The first-order chi connectivity index (χ1) is 10.8. The van der Waals surface area contributed by atoms with Crippen LogP contribution in [0.15, 0.2) is 12.1 Å². The van der Waals surface area contributed by atoms with E-state index in [2.05, 4.69) is 4.85 Å². The lowest BCUT2D eigenvalue weighted by Crippen LogP contribution is -1.97. The molecule has 0 atom stereocenters. The number of halogens is 5. The Hall–Kier alpha value is -1.13. The summed E-state index contributed by atoms with van der Waals surface area (Å²) in [7, 11) is 0. The van der Waals surface area contributed by atoms with Crippen LogP contribution in [0.3, 0.4) is 0 Å². The third-order valence-electron chi connectivity index (χ3n) is 3.25. The second-order valence-corrected chi connectivity index (χ2v) is 6.70. The van der Waals surface area contributed by atoms with Gasteiger partial charge in [0.2, 0.25) is 5.69 Å². The van der Waals surface area contributed by atoms with E-state index in [0.717, 1.165) is 5.56 Å². The highest BCUT2D eigenvalue weighted by Gasteiger charge is 2.23. The standard InChI is InChI=1S/C16H7Cl5N2/c1-7-3-11(17)8(12(18)4-7)5-9-13(19)14(20)10(6-22)15(21)16(9)23-2/h3-4H,5H2,1H3. The number of nitrogens with zero attached hydrogens (tertiary/aromatic N) is 2. The van der Waals surface area contributed by atoms with Gasteiger partial charge in [0, 0.05) is 10.0 Å². The smallest absolute Gasteiger partial charge is 0.211 e. The number of nitriles is 1. The maximum Gasteiger partial charge on any atom is 0.211 e. The molecular weight excluding hydrogens is 397 g/mol. The van der Waals surface area contributed by atoms with Gasteiger partial charge in [-0.3, -0.25) is 0 Å². The Balaban J connectivity index is 2.72. The van der Waals surface area contributed by atoms with Crippen molar-refractivity contribution in [3.63, 3.8) is 0 Å². The molecule has 2 aromatic carbocycles. The van der Waals surface area contributed by atoms with Crippen molar-refractivity contribution in [3.05, 3.63) is 70.9 Å². The van der Waals surface area contributed by atoms with E-state index in [1.165, 1.54) is 0 Å². The van der Waals surface area contributed by atoms with Crippen molar-refractivity contribution in [1.82, 2.24) is 0 Å². The molecule has 0 unspecified atom stereocenters.